The Kier molecular flexibility index (Phi) is 7.10. The second-order valence-electron chi connectivity index (χ2n) is 7.95. The number of aromatic nitrogens is 3. The Bertz CT molecular complexity index is 618. The number of likely N-dealkylation sites (tertiary alicyclic amines) is 1. The molecule has 3 rings (SSSR count). The van der Waals surface area contributed by atoms with Gasteiger partial charge in [-0.1, -0.05) is 26.7 Å². The molecule has 152 valence electrons. The zero-order chi connectivity index (χ0) is 19.2. The van der Waals surface area contributed by atoms with Crippen LogP contribution in [0.4, 0.5) is 0 Å². The molecule has 2 aliphatic rings. The number of ether oxygens (including phenoxy) is 1. The fourth-order valence-electron chi connectivity index (χ4n) is 4.33. The zero-order valence-electron chi connectivity index (χ0n) is 17.4. The van der Waals surface area contributed by atoms with Crippen molar-refractivity contribution in [2.24, 2.45) is 23.9 Å². The van der Waals surface area contributed by atoms with Crippen LogP contribution in [0.5, 0.6) is 0 Å². The standard InChI is InChI=1S/C20H36N6O/c1-5-16(6-2)17-9-10-26(14-17)20(21-12-18-8-7-11-27-18)22-13-19-24-23-15(3)25(19)4/h16-18H,5-14H2,1-4H3,(H,21,22). The van der Waals surface area contributed by atoms with Crippen molar-refractivity contribution >= 4 is 5.96 Å². The molecule has 0 aliphatic carbocycles. The molecule has 2 saturated heterocycles. The summed E-state index contributed by atoms with van der Waals surface area (Å²) in [6, 6.07) is 0. The van der Waals surface area contributed by atoms with Crippen LogP contribution in [0, 0.1) is 18.8 Å². The maximum absolute atomic E-state index is 5.78. The van der Waals surface area contributed by atoms with E-state index < -0.39 is 0 Å². The molecule has 27 heavy (non-hydrogen) atoms. The first-order chi connectivity index (χ1) is 13.1. The van der Waals surface area contributed by atoms with Crippen LogP contribution in [-0.4, -0.2) is 58.0 Å². The Morgan fingerprint density at radius 3 is 2.74 bits per heavy atom. The molecule has 0 spiro atoms. The first kappa shape index (κ1) is 20.1. The highest BCUT2D eigenvalue weighted by Gasteiger charge is 2.30. The summed E-state index contributed by atoms with van der Waals surface area (Å²) < 4.78 is 7.79. The molecule has 0 aromatic carbocycles. The molecular formula is C20H36N6O. The Morgan fingerprint density at radius 2 is 2.11 bits per heavy atom. The van der Waals surface area contributed by atoms with Crippen LogP contribution < -0.4 is 5.32 Å². The minimum absolute atomic E-state index is 0.310. The van der Waals surface area contributed by atoms with E-state index in [0.29, 0.717) is 12.6 Å². The fraction of sp³-hybridized carbons (Fsp3) is 0.850. The van der Waals surface area contributed by atoms with Gasteiger partial charge in [-0.2, -0.15) is 0 Å². The summed E-state index contributed by atoms with van der Waals surface area (Å²) in [7, 11) is 2.00. The summed E-state index contributed by atoms with van der Waals surface area (Å²) in [5, 5.41) is 12.0. The summed E-state index contributed by atoms with van der Waals surface area (Å²) in [6.07, 6.45) is 6.41. The van der Waals surface area contributed by atoms with Crippen LogP contribution in [0.25, 0.3) is 0 Å². The second-order valence-corrected chi connectivity index (χ2v) is 7.95. The van der Waals surface area contributed by atoms with E-state index in [0.717, 1.165) is 68.5 Å². The largest absolute Gasteiger partial charge is 0.376 e. The lowest BCUT2D eigenvalue weighted by Crippen LogP contribution is -2.43. The average Bonchev–Trinajstić information content (AvgIpc) is 3.41. The maximum Gasteiger partial charge on any atom is 0.194 e. The normalized spacial score (nSPS) is 23.6. The van der Waals surface area contributed by atoms with E-state index >= 15 is 0 Å². The molecule has 0 radical (unpaired) electrons. The van der Waals surface area contributed by atoms with Gasteiger partial charge in [0, 0.05) is 33.3 Å². The van der Waals surface area contributed by atoms with Gasteiger partial charge in [0.15, 0.2) is 11.8 Å². The third-order valence-electron chi connectivity index (χ3n) is 6.30. The molecule has 7 heteroatoms. The van der Waals surface area contributed by atoms with E-state index in [4.69, 9.17) is 9.73 Å². The van der Waals surface area contributed by atoms with Gasteiger partial charge in [0.1, 0.15) is 12.4 Å². The number of aryl methyl sites for hydroxylation is 1. The van der Waals surface area contributed by atoms with E-state index in [1.807, 2.05) is 18.5 Å². The Labute approximate surface area is 163 Å². The van der Waals surface area contributed by atoms with Gasteiger partial charge < -0.3 is 19.5 Å². The predicted molar refractivity (Wildman–Crippen MR) is 108 cm³/mol. The lowest BCUT2D eigenvalue weighted by atomic mass is 9.87. The lowest BCUT2D eigenvalue weighted by molar-refractivity contribution is 0.113. The number of guanidine groups is 1. The molecule has 0 amide bonds. The Balaban J connectivity index is 1.67. The Hall–Kier alpha value is -1.63. The molecule has 2 aliphatic heterocycles. The van der Waals surface area contributed by atoms with Gasteiger partial charge in [-0.15, -0.1) is 10.2 Å². The highest BCUT2D eigenvalue weighted by Crippen LogP contribution is 2.28. The lowest BCUT2D eigenvalue weighted by Gasteiger charge is -2.25. The Morgan fingerprint density at radius 1 is 1.30 bits per heavy atom. The molecule has 2 atom stereocenters. The number of hydrogen-bond donors (Lipinski definition) is 1. The monoisotopic (exact) mass is 376 g/mol. The van der Waals surface area contributed by atoms with Gasteiger partial charge in [0.05, 0.1) is 6.10 Å². The zero-order valence-corrected chi connectivity index (χ0v) is 17.4. The van der Waals surface area contributed by atoms with E-state index in [2.05, 4.69) is 34.3 Å². The highest BCUT2D eigenvalue weighted by atomic mass is 16.5. The molecular weight excluding hydrogens is 340 g/mol. The van der Waals surface area contributed by atoms with Gasteiger partial charge in [-0.3, -0.25) is 0 Å². The van der Waals surface area contributed by atoms with Crippen molar-refractivity contribution in [2.75, 3.05) is 26.2 Å². The van der Waals surface area contributed by atoms with Gasteiger partial charge in [-0.05, 0) is 38.0 Å². The van der Waals surface area contributed by atoms with Gasteiger partial charge in [-0.25, -0.2) is 4.99 Å². The van der Waals surface area contributed by atoms with Crippen molar-refractivity contribution in [2.45, 2.75) is 65.5 Å². The van der Waals surface area contributed by atoms with Crippen LogP contribution in [0.15, 0.2) is 4.99 Å². The molecule has 0 saturated carbocycles. The molecule has 2 unspecified atom stereocenters. The third kappa shape index (κ3) is 5.00. The fourth-order valence-corrected chi connectivity index (χ4v) is 4.33. The molecule has 0 bridgehead atoms. The van der Waals surface area contributed by atoms with Gasteiger partial charge >= 0.3 is 0 Å². The van der Waals surface area contributed by atoms with E-state index in [9.17, 15) is 0 Å². The summed E-state index contributed by atoms with van der Waals surface area (Å²) >= 11 is 0. The molecule has 7 nitrogen and oxygen atoms in total. The maximum atomic E-state index is 5.78. The molecule has 1 aromatic heterocycles. The van der Waals surface area contributed by atoms with Crippen molar-refractivity contribution in [3.05, 3.63) is 11.6 Å². The number of nitrogens with zero attached hydrogens (tertiary/aromatic N) is 5. The number of nitrogens with one attached hydrogen (secondary N) is 1. The summed E-state index contributed by atoms with van der Waals surface area (Å²) in [5.41, 5.74) is 0. The first-order valence-corrected chi connectivity index (χ1v) is 10.6. The molecule has 1 N–H and O–H groups in total. The van der Waals surface area contributed by atoms with Crippen LogP contribution in [-0.2, 0) is 18.3 Å². The smallest absolute Gasteiger partial charge is 0.194 e. The molecule has 3 heterocycles. The quantitative estimate of drug-likeness (QED) is 0.585. The minimum atomic E-state index is 0.310. The topological polar surface area (TPSA) is 67.6 Å². The van der Waals surface area contributed by atoms with Gasteiger partial charge in [0.2, 0.25) is 0 Å². The van der Waals surface area contributed by atoms with Crippen LogP contribution >= 0.6 is 0 Å². The van der Waals surface area contributed by atoms with E-state index in [-0.39, 0.29) is 0 Å². The predicted octanol–water partition coefficient (Wildman–Crippen LogP) is 2.51. The summed E-state index contributed by atoms with van der Waals surface area (Å²) in [6.45, 7) is 11.1. The average molecular weight is 377 g/mol. The van der Waals surface area contributed by atoms with Crippen molar-refractivity contribution in [1.82, 2.24) is 25.0 Å². The van der Waals surface area contributed by atoms with Crippen molar-refractivity contribution in [1.29, 1.82) is 0 Å². The third-order valence-corrected chi connectivity index (χ3v) is 6.30. The van der Waals surface area contributed by atoms with Crippen molar-refractivity contribution in [3.63, 3.8) is 0 Å². The molecule has 1 aromatic rings. The van der Waals surface area contributed by atoms with E-state index in [1.165, 1.54) is 19.3 Å². The van der Waals surface area contributed by atoms with Crippen molar-refractivity contribution in [3.8, 4) is 0 Å². The van der Waals surface area contributed by atoms with Crippen LogP contribution in [0.1, 0.15) is 57.6 Å². The number of aliphatic imine (C=N–C) groups is 1. The van der Waals surface area contributed by atoms with Gasteiger partial charge in [0.25, 0.3) is 0 Å². The first-order valence-electron chi connectivity index (χ1n) is 10.6. The van der Waals surface area contributed by atoms with Crippen molar-refractivity contribution < 1.29 is 4.74 Å². The summed E-state index contributed by atoms with van der Waals surface area (Å²) in [4.78, 5) is 7.34. The summed E-state index contributed by atoms with van der Waals surface area (Å²) in [5.74, 6) is 4.41. The van der Waals surface area contributed by atoms with Crippen LogP contribution in [0.3, 0.4) is 0 Å². The highest BCUT2D eigenvalue weighted by molar-refractivity contribution is 5.80. The van der Waals surface area contributed by atoms with E-state index in [1.54, 1.807) is 0 Å². The minimum Gasteiger partial charge on any atom is -0.376 e. The second kappa shape index (κ2) is 9.53. The number of hydrogen-bond acceptors (Lipinski definition) is 4. The SMILES string of the molecule is CCC(CC)C1CCN(C(=NCc2nnc(C)n2C)NCC2CCCO2)C1. The van der Waals surface area contributed by atoms with Crippen LogP contribution in [0.2, 0.25) is 0 Å². The molecule has 2 fully saturated rings. The number of rotatable bonds is 7.